The van der Waals surface area contributed by atoms with Crippen molar-refractivity contribution in [3.05, 3.63) is 80.7 Å². The maximum absolute atomic E-state index is 12.5. The van der Waals surface area contributed by atoms with E-state index in [4.69, 9.17) is 13.7 Å². The first-order chi connectivity index (χ1) is 15.0. The maximum Gasteiger partial charge on any atom is 0.277 e. The van der Waals surface area contributed by atoms with Gasteiger partial charge in [0.2, 0.25) is 5.43 Å². The van der Waals surface area contributed by atoms with E-state index in [-0.39, 0.29) is 17.6 Å². The van der Waals surface area contributed by atoms with Crippen LogP contribution in [0.15, 0.2) is 78.2 Å². The minimum atomic E-state index is -0.492. The van der Waals surface area contributed by atoms with Gasteiger partial charge in [-0.15, -0.1) is 0 Å². The van der Waals surface area contributed by atoms with Crippen molar-refractivity contribution >= 4 is 39.0 Å². The molecule has 2 aromatic carbocycles. The summed E-state index contributed by atoms with van der Waals surface area (Å²) >= 11 is 3.33. The smallest absolute Gasteiger partial charge is 0.277 e. The molecule has 1 amide bonds. The van der Waals surface area contributed by atoms with Crippen molar-refractivity contribution in [1.29, 1.82) is 0 Å². The van der Waals surface area contributed by atoms with Crippen molar-refractivity contribution in [1.82, 2.24) is 10.6 Å². The summed E-state index contributed by atoms with van der Waals surface area (Å²) in [5.41, 5.74) is 4.44. The maximum atomic E-state index is 12.5. The van der Waals surface area contributed by atoms with E-state index in [2.05, 4.69) is 31.6 Å². The summed E-state index contributed by atoms with van der Waals surface area (Å²) in [5.74, 6) is 0.516. The highest BCUT2D eigenvalue weighted by Crippen LogP contribution is 2.30. The molecule has 0 bridgehead atoms. The number of nitrogens with one attached hydrogen (secondary N) is 1. The summed E-state index contributed by atoms with van der Waals surface area (Å²) in [6.07, 6.45) is 4.06. The standard InChI is InChI=1S/C22H16BrN3O5/c1-13-2-4-18(16(8-13)20-6-7-25-31-20)30-12-21(27)26-24-10-14-11-29-19-5-3-15(23)9-17(19)22(14)28/h2-11H,12H2,1H3,(H,26,27)/b24-10-. The average Bonchev–Trinajstić information content (AvgIpc) is 3.29. The zero-order valence-electron chi connectivity index (χ0n) is 16.3. The van der Waals surface area contributed by atoms with Crippen LogP contribution in [0.3, 0.4) is 0 Å². The Morgan fingerprint density at radius 1 is 1.26 bits per heavy atom. The van der Waals surface area contributed by atoms with Gasteiger partial charge in [-0.2, -0.15) is 5.10 Å². The van der Waals surface area contributed by atoms with E-state index in [0.29, 0.717) is 28.0 Å². The van der Waals surface area contributed by atoms with Gasteiger partial charge < -0.3 is 13.7 Å². The fraction of sp³-hybridized carbons (Fsp3) is 0.0909. The number of nitrogens with zero attached hydrogens (tertiary/aromatic N) is 2. The molecule has 0 saturated heterocycles. The number of benzene rings is 2. The lowest BCUT2D eigenvalue weighted by atomic mass is 10.1. The zero-order valence-corrected chi connectivity index (χ0v) is 17.9. The summed E-state index contributed by atoms with van der Waals surface area (Å²) in [6, 6.07) is 12.3. The highest BCUT2D eigenvalue weighted by atomic mass is 79.9. The summed E-state index contributed by atoms with van der Waals surface area (Å²) in [4.78, 5) is 24.6. The number of carbonyl (C=O) groups is 1. The number of rotatable bonds is 6. The second-order valence-corrected chi connectivity index (χ2v) is 7.53. The number of hydrogen-bond donors (Lipinski definition) is 1. The van der Waals surface area contributed by atoms with Gasteiger partial charge in [-0.25, -0.2) is 5.43 Å². The van der Waals surface area contributed by atoms with Crippen LogP contribution in [0.5, 0.6) is 5.75 Å². The predicted molar refractivity (Wildman–Crippen MR) is 118 cm³/mol. The second kappa shape index (κ2) is 8.97. The van der Waals surface area contributed by atoms with Gasteiger partial charge in [0, 0.05) is 10.5 Å². The van der Waals surface area contributed by atoms with Crippen LogP contribution in [-0.2, 0) is 4.79 Å². The topological polar surface area (TPSA) is 107 Å². The van der Waals surface area contributed by atoms with Crippen LogP contribution in [0.4, 0.5) is 0 Å². The van der Waals surface area contributed by atoms with Crippen LogP contribution in [0.1, 0.15) is 11.1 Å². The number of aromatic nitrogens is 1. The number of hydrazone groups is 1. The van der Waals surface area contributed by atoms with Gasteiger partial charge in [-0.05, 0) is 37.3 Å². The average molecular weight is 482 g/mol. The number of hydrogen-bond acceptors (Lipinski definition) is 7. The van der Waals surface area contributed by atoms with Crippen LogP contribution in [0.25, 0.3) is 22.3 Å². The normalized spacial score (nSPS) is 11.2. The van der Waals surface area contributed by atoms with Crippen LogP contribution in [-0.4, -0.2) is 23.9 Å². The molecule has 156 valence electrons. The molecule has 0 saturated carbocycles. The van der Waals surface area contributed by atoms with Crippen molar-refractivity contribution in [2.75, 3.05) is 6.61 Å². The fourth-order valence-electron chi connectivity index (χ4n) is 2.87. The Kier molecular flexibility index (Phi) is 5.94. The Morgan fingerprint density at radius 3 is 2.94 bits per heavy atom. The van der Waals surface area contributed by atoms with E-state index in [1.54, 1.807) is 30.3 Å². The molecule has 9 heteroatoms. The highest BCUT2D eigenvalue weighted by Gasteiger charge is 2.12. The minimum absolute atomic E-state index is 0.206. The van der Waals surface area contributed by atoms with Gasteiger partial charge in [-0.1, -0.05) is 32.7 Å². The number of aryl methyl sites for hydroxylation is 1. The molecule has 1 N–H and O–H groups in total. The molecule has 2 aromatic heterocycles. The number of fused-ring (bicyclic) bond motifs is 1. The quantitative estimate of drug-likeness (QED) is 0.328. The first-order valence-electron chi connectivity index (χ1n) is 9.19. The molecule has 0 fully saturated rings. The van der Waals surface area contributed by atoms with Crippen LogP contribution < -0.4 is 15.6 Å². The molecule has 0 atom stereocenters. The molecule has 8 nitrogen and oxygen atoms in total. The number of halogens is 1. The van der Waals surface area contributed by atoms with Gasteiger partial charge in [0.15, 0.2) is 12.4 Å². The van der Waals surface area contributed by atoms with Gasteiger partial charge in [0.05, 0.1) is 28.9 Å². The molecule has 0 spiro atoms. The first-order valence-corrected chi connectivity index (χ1v) is 9.98. The third-order valence-corrected chi connectivity index (χ3v) is 4.84. The van der Waals surface area contributed by atoms with Gasteiger partial charge >= 0.3 is 0 Å². The molecular weight excluding hydrogens is 466 g/mol. The number of amides is 1. The lowest BCUT2D eigenvalue weighted by Gasteiger charge is -2.09. The van der Waals surface area contributed by atoms with Crippen molar-refractivity contribution in [2.45, 2.75) is 6.92 Å². The van der Waals surface area contributed by atoms with Crippen molar-refractivity contribution < 1.29 is 18.5 Å². The van der Waals surface area contributed by atoms with Gasteiger partial charge in [0.25, 0.3) is 5.91 Å². The number of carbonyl (C=O) groups excluding carboxylic acids is 1. The van der Waals surface area contributed by atoms with Crippen molar-refractivity contribution in [3.63, 3.8) is 0 Å². The summed E-state index contributed by atoms with van der Waals surface area (Å²) < 4.78 is 17.0. The van der Waals surface area contributed by atoms with Crippen LogP contribution in [0.2, 0.25) is 0 Å². The lowest BCUT2D eigenvalue weighted by Crippen LogP contribution is -2.25. The SMILES string of the molecule is Cc1ccc(OCC(=O)N/N=C\c2coc3ccc(Br)cc3c2=O)c(-c2ccno2)c1. The summed E-state index contributed by atoms with van der Waals surface area (Å²) in [5, 5.41) is 7.93. The lowest BCUT2D eigenvalue weighted by molar-refractivity contribution is -0.123. The summed E-state index contributed by atoms with van der Waals surface area (Å²) in [7, 11) is 0. The Balaban J connectivity index is 1.42. The Bertz CT molecular complexity index is 1330. The zero-order chi connectivity index (χ0) is 21.8. The third kappa shape index (κ3) is 4.72. The van der Waals surface area contributed by atoms with E-state index < -0.39 is 5.91 Å². The van der Waals surface area contributed by atoms with Gasteiger partial charge in [0.1, 0.15) is 17.6 Å². The van der Waals surface area contributed by atoms with E-state index in [0.717, 1.165) is 10.0 Å². The van der Waals surface area contributed by atoms with E-state index >= 15 is 0 Å². The van der Waals surface area contributed by atoms with Crippen LogP contribution in [0, 0.1) is 6.92 Å². The molecule has 4 aromatic rings. The molecule has 31 heavy (non-hydrogen) atoms. The van der Waals surface area contributed by atoms with Crippen LogP contribution >= 0.6 is 15.9 Å². The van der Waals surface area contributed by atoms with Crippen molar-refractivity contribution in [3.8, 4) is 17.1 Å². The Hall–Kier alpha value is -3.72. The molecule has 4 rings (SSSR count). The van der Waals surface area contributed by atoms with Crippen molar-refractivity contribution in [2.24, 2.45) is 5.10 Å². The van der Waals surface area contributed by atoms with E-state index in [9.17, 15) is 9.59 Å². The molecule has 0 aliphatic heterocycles. The highest BCUT2D eigenvalue weighted by molar-refractivity contribution is 9.10. The van der Waals surface area contributed by atoms with E-state index in [1.165, 1.54) is 18.7 Å². The molecular formula is C22H16BrN3O5. The minimum Gasteiger partial charge on any atom is -0.483 e. The largest absolute Gasteiger partial charge is 0.483 e. The molecule has 0 aliphatic rings. The molecule has 0 unspecified atom stereocenters. The first kappa shape index (κ1) is 20.5. The summed E-state index contributed by atoms with van der Waals surface area (Å²) in [6.45, 7) is 1.66. The molecule has 0 radical (unpaired) electrons. The molecule has 0 aliphatic carbocycles. The monoisotopic (exact) mass is 481 g/mol. The Labute approximate surface area is 184 Å². The third-order valence-electron chi connectivity index (χ3n) is 4.35. The molecule has 2 heterocycles. The Morgan fingerprint density at radius 2 is 2.13 bits per heavy atom. The fourth-order valence-corrected chi connectivity index (χ4v) is 3.23. The predicted octanol–water partition coefficient (Wildman–Crippen LogP) is 4.05. The van der Waals surface area contributed by atoms with E-state index in [1.807, 2.05) is 19.1 Å². The number of ether oxygens (including phenoxy) is 1. The van der Waals surface area contributed by atoms with Gasteiger partial charge in [-0.3, -0.25) is 9.59 Å². The second-order valence-electron chi connectivity index (χ2n) is 6.62.